The van der Waals surface area contributed by atoms with Crippen LogP contribution in [0.3, 0.4) is 0 Å². The van der Waals surface area contributed by atoms with Gasteiger partial charge in [0.2, 0.25) is 0 Å². The third-order valence-corrected chi connectivity index (χ3v) is 2.54. The fraction of sp³-hybridized carbons (Fsp3) is 0.182. The second kappa shape index (κ2) is 4.62. The van der Waals surface area contributed by atoms with Gasteiger partial charge in [-0.3, -0.25) is 0 Å². The number of nitrogens with zero attached hydrogens (tertiary/aromatic N) is 2. The summed E-state index contributed by atoms with van der Waals surface area (Å²) < 4.78 is 39.8. The van der Waals surface area contributed by atoms with E-state index in [4.69, 9.17) is 16.7 Å². The van der Waals surface area contributed by atoms with Crippen molar-refractivity contribution in [1.29, 1.82) is 0 Å². The van der Waals surface area contributed by atoms with E-state index in [0.29, 0.717) is 0 Å². The van der Waals surface area contributed by atoms with Gasteiger partial charge in [0.15, 0.2) is 0 Å². The molecule has 0 bridgehead atoms. The van der Waals surface area contributed by atoms with Gasteiger partial charge in [0.05, 0.1) is 29.1 Å². The van der Waals surface area contributed by atoms with Gasteiger partial charge < -0.3 is 5.11 Å². The van der Waals surface area contributed by atoms with Gasteiger partial charge in [-0.05, 0) is 17.7 Å². The molecule has 3 nitrogen and oxygen atoms in total. The van der Waals surface area contributed by atoms with Crippen LogP contribution in [0.15, 0.2) is 30.6 Å². The van der Waals surface area contributed by atoms with Crippen LogP contribution in [-0.2, 0) is 12.8 Å². The van der Waals surface area contributed by atoms with Crippen molar-refractivity contribution in [3.63, 3.8) is 0 Å². The number of aliphatic hydroxyl groups is 1. The highest BCUT2D eigenvalue weighted by Gasteiger charge is 2.34. The van der Waals surface area contributed by atoms with E-state index >= 15 is 0 Å². The third-order valence-electron chi connectivity index (χ3n) is 2.35. The molecule has 0 atom stereocenters. The summed E-state index contributed by atoms with van der Waals surface area (Å²) in [6.07, 6.45) is -1.99. The molecule has 1 heterocycles. The van der Waals surface area contributed by atoms with Crippen LogP contribution < -0.4 is 0 Å². The molecule has 0 amide bonds. The Morgan fingerprint density at radius 3 is 2.56 bits per heavy atom. The summed E-state index contributed by atoms with van der Waals surface area (Å²) in [5, 5.41) is 12.9. The summed E-state index contributed by atoms with van der Waals surface area (Å²) in [4.78, 5) is 0. The molecule has 0 saturated heterocycles. The Morgan fingerprint density at radius 2 is 2.06 bits per heavy atom. The number of hydrogen-bond acceptors (Lipinski definition) is 2. The summed E-state index contributed by atoms with van der Waals surface area (Å²) >= 11 is 5.63. The Bertz CT molecular complexity index is 566. The van der Waals surface area contributed by atoms with Crippen molar-refractivity contribution in [2.75, 3.05) is 0 Å². The minimum absolute atomic E-state index is 0.133. The molecule has 7 heteroatoms. The second-order valence-corrected chi connectivity index (χ2v) is 4.05. The number of alkyl halides is 3. The molecule has 2 rings (SSSR count). The van der Waals surface area contributed by atoms with Crippen molar-refractivity contribution >= 4 is 11.6 Å². The zero-order chi connectivity index (χ0) is 13.3. The average molecular weight is 277 g/mol. The number of aromatic nitrogens is 2. The molecule has 0 unspecified atom stereocenters. The van der Waals surface area contributed by atoms with Gasteiger partial charge in [0.1, 0.15) is 0 Å². The second-order valence-electron chi connectivity index (χ2n) is 3.61. The first-order valence-corrected chi connectivity index (χ1v) is 5.31. The molecule has 0 spiro atoms. The summed E-state index contributed by atoms with van der Waals surface area (Å²) in [6, 6.07) is 3.54. The summed E-state index contributed by atoms with van der Waals surface area (Å²) in [5.41, 5.74) is -0.815. The van der Waals surface area contributed by atoms with Crippen molar-refractivity contribution < 1.29 is 18.3 Å². The molecule has 96 valence electrons. The normalized spacial score (nSPS) is 11.8. The van der Waals surface area contributed by atoms with Gasteiger partial charge in [-0.15, -0.1) is 0 Å². The van der Waals surface area contributed by atoms with Crippen LogP contribution >= 0.6 is 11.6 Å². The standard InChI is InChI=1S/C11H8ClF3N2O/c12-8-4-16-17(5-8)10-2-1-7(6-18)3-9(10)11(13,14)15/h1-5,18H,6H2. The highest BCUT2D eigenvalue weighted by Crippen LogP contribution is 2.34. The molecule has 0 aliphatic carbocycles. The maximum Gasteiger partial charge on any atom is 0.418 e. The Hall–Kier alpha value is -1.53. The zero-order valence-corrected chi connectivity index (χ0v) is 9.70. The molecular formula is C11H8ClF3N2O. The van der Waals surface area contributed by atoms with Crippen LogP contribution in [-0.4, -0.2) is 14.9 Å². The Morgan fingerprint density at radius 1 is 1.33 bits per heavy atom. The van der Waals surface area contributed by atoms with Crippen LogP contribution in [0.4, 0.5) is 13.2 Å². The van der Waals surface area contributed by atoms with Crippen molar-refractivity contribution in [2.45, 2.75) is 12.8 Å². The van der Waals surface area contributed by atoms with Crippen LogP contribution in [0, 0.1) is 0 Å². The molecule has 0 fully saturated rings. The number of hydrogen-bond donors (Lipinski definition) is 1. The molecule has 0 saturated carbocycles. The van der Waals surface area contributed by atoms with Gasteiger partial charge >= 0.3 is 6.18 Å². The first-order valence-electron chi connectivity index (χ1n) is 4.93. The maximum atomic E-state index is 12.9. The van der Waals surface area contributed by atoms with E-state index in [2.05, 4.69) is 5.10 Å². The summed E-state index contributed by atoms with van der Waals surface area (Å²) in [5.74, 6) is 0. The molecule has 0 radical (unpaired) electrons. The van der Waals surface area contributed by atoms with E-state index in [0.717, 1.165) is 10.7 Å². The number of halogens is 4. The molecule has 18 heavy (non-hydrogen) atoms. The van der Waals surface area contributed by atoms with E-state index < -0.39 is 18.3 Å². The van der Waals surface area contributed by atoms with Crippen molar-refractivity contribution in [3.8, 4) is 5.69 Å². The highest BCUT2D eigenvalue weighted by molar-refractivity contribution is 6.30. The smallest absolute Gasteiger partial charge is 0.392 e. The first-order chi connectivity index (χ1) is 8.41. The van der Waals surface area contributed by atoms with E-state index in [9.17, 15) is 13.2 Å². The monoisotopic (exact) mass is 276 g/mol. The molecular weight excluding hydrogens is 269 g/mol. The lowest BCUT2D eigenvalue weighted by atomic mass is 10.1. The average Bonchev–Trinajstić information content (AvgIpc) is 2.74. The molecule has 0 aliphatic rings. The summed E-state index contributed by atoms with van der Waals surface area (Å²) in [6.45, 7) is -0.455. The predicted octanol–water partition coefficient (Wildman–Crippen LogP) is 3.04. The zero-order valence-electron chi connectivity index (χ0n) is 8.95. The number of benzene rings is 1. The van der Waals surface area contributed by atoms with Crippen LogP contribution in [0.1, 0.15) is 11.1 Å². The quantitative estimate of drug-likeness (QED) is 0.915. The molecule has 1 aromatic heterocycles. The highest BCUT2D eigenvalue weighted by atomic mass is 35.5. The van der Waals surface area contributed by atoms with E-state index in [1.54, 1.807) is 0 Å². The molecule has 1 N–H and O–H groups in total. The largest absolute Gasteiger partial charge is 0.418 e. The molecule has 2 aromatic rings. The van der Waals surface area contributed by atoms with Gasteiger partial charge in [-0.1, -0.05) is 17.7 Å². The molecule has 1 aromatic carbocycles. The predicted molar refractivity (Wildman–Crippen MR) is 59.5 cm³/mol. The van der Waals surface area contributed by atoms with Crippen molar-refractivity contribution in [3.05, 3.63) is 46.7 Å². The van der Waals surface area contributed by atoms with Crippen molar-refractivity contribution in [2.24, 2.45) is 0 Å². The van der Waals surface area contributed by atoms with Crippen LogP contribution in [0.2, 0.25) is 5.02 Å². The van der Waals surface area contributed by atoms with Crippen molar-refractivity contribution in [1.82, 2.24) is 9.78 Å². The lowest BCUT2D eigenvalue weighted by Gasteiger charge is -2.13. The number of aliphatic hydroxyl groups excluding tert-OH is 1. The lowest BCUT2D eigenvalue weighted by molar-refractivity contribution is -0.137. The van der Waals surface area contributed by atoms with Gasteiger partial charge in [-0.25, -0.2) is 4.68 Å². The lowest BCUT2D eigenvalue weighted by Crippen LogP contribution is -2.12. The van der Waals surface area contributed by atoms with Crippen LogP contribution in [0.5, 0.6) is 0 Å². The minimum Gasteiger partial charge on any atom is -0.392 e. The van der Waals surface area contributed by atoms with Gasteiger partial charge in [0.25, 0.3) is 0 Å². The third kappa shape index (κ3) is 2.49. The van der Waals surface area contributed by atoms with Gasteiger partial charge in [0, 0.05) is 6.20 Å². The SMILES string of the molecule is OCc1ccc(-n2cc(Cl)cn2)c(C(F)(F)F)c1. The molecule has 0 aliphatic heterocycles. The van der Waals surface area contributed by atoms with E-state index in [1.165, 1.54) is 24.5 Å². The first kappa shape index (κ1) is 12.9. The fourth-order valence-corrected chi connectivity index (χ4v) is 1.68. The Balaban J connectivity index is 2.60. The minimum atomic E-state index is -4.53. The number of rotatable bonds is 2. The Labute approximate surface area is 105 Å². The maximum absolute atomic E-state index is 12.9. The van der Waals surface area contributed by atoms with Gasteiger partial charge in [-0.2, -0.15) is 18.3 Å². The topological polar surface area (TPSA) is 38.0 Å². The Kier molecular flexibility index (Phi) is 3.32. The fourth-order valence-electron chi connectivity index (χ4n) is 1.54. The van der Waals surface area contributed by atoms with E-state index in [1.807, 2.05) is 0 Å². The summed E-state index contributed by atoms with van der Waals surface area (Å²) in [7, 11) is 0. The van der Waals surface area contributed by atoms with Crippen LogP contribution in [0.25, 0.3) is 5.69 Å². The van der Waals surface area contributed by atoms with E-state index in [-0.39, 0.29) is 16.3 Å².